The Morgan fingerprint density at radius 1 is 1.27 bits per heavy atom. The lowest BCUT2D eigenvalue weighted by Gasteiger charge is -2.36. The zero-order chi connectivity index (χ0) is 16.0. The van der Waals surface area contributed by atoms with Gasteiger partial charge in [-0.3, -0.25) is 4.90 Å². The lowest BCUT2D eigenvalue weighted by atomic mass is 10.0. The van der Waals surface area contributed by atoms with Crippen LogP contribution >= 0.6 is 0 Å². The van der Waals surface area contributed by atoms with E-state index in [0.717, 1.165) is 26.1 Å². The summed E-state index contributed by atoms with van der Waals surface area (Å²) in [6, 6.07) is 8.64. The van der Waals surface area contributed by atoms with Gasteiger partial charge >= 0.3 is 6.18 Å². The van der Waals surface area contributed by atoms with Crippen molar-refractivity contribution in [2.75, 3.05) is 39.4 Å². The van der Waals surface area contributed by atoms with Crippen molar-refractivity contribution in [3.05, 3.63) is 35.4 Å². The van der Waals surface area contributed by atoms with Gasteiger partial charge in [0.2, 0.25) is 0 Å². The molecule has 1 aliphatic rings. The number of benzene rings is 1. The van der Waals surface area contributed by atoms with E-state index >= 15 is 0 Å². The van der Waals surface area contributed by atoms with E-state index in [2.05, 4.69) is 41.4 Å². The van der Waals surface area contributed by atoms with Crippen LogP contribution in [0.1, 0.15) is 24.1 Å². The van der Waals surface area contributed by atoms with Crippen molar-refractivity contribution in [1.29, 1.82) is 0 Å². The number of hydrogen-bond donors (Lipinski definition) is 1. The molecular formula is C16H23F3N2O. The molecule has 3 nitrogen and oxygen atoms in total. The fourth-order valence-corrected chi connectivity index (χ4v) is 2.69. The highest BCUT2D eigenvalue weighted by Crippen LogP contribution is 2.22. The van der Waals surface area contributed by atoms with E-state index in [1.165, 1.54) is 11.1 Å². The Bertz CT molecular complexity index is 448. The van der Waals surface area contributed by atoms with Crippen molar-refractivity contribution in [2.45, 2.75) is 25.6 Å². The highest BCUT2D eigenvalue weighted by Gasteiger charge is 2.28. The van der Waals surface area contributed by atoms with Crippen molar-refractivity contribution in [3.63, 3.8) is 0 Å². The predicted molar refractivity (Wildman–Crippen MR) is 79.9 cm³/mol. The van der Waals surface area contributed by atoms with Gasteiger partial charge in [0.05, 0.1) is 6.61 Å². The number of nitrogens with zero attached hydrogens (tertiary/aromatic N) is 1. The molecule has 1 aromatic carbocycles. The van der Waals surface area contributed by atoms with Gasteiger partial charge in [0, 0.05) is 32.2 Å². The van der Waals surface area contributed by atoms with E-state index in [1.807, 2.05) is 0 Å². The fourth-order valence-electron chi connectivity index (χ4n) is 2.69. The zero-order valence-corrected chi connectivity index (χ0v) is 12.8. The first kappa shape index (κ1) is 17.2. The second kappa shape index (κ2) is 7.94. The van der Waals surface area contributed by atoms with E-state index in [4.69, 9.17) is 4.74 Å². The summed E-state index contributed by atoms with van der Waals surface area (Å²) in [5, 5.41) is 3.34. The molecule has 0 spiro atoms. The van der Waals surface area contributed by atoms with Gasteiger partial charge in [0.15, 0.2) is 0 Å². The molecule has 1 aromatic rings. The number of ether oxygens (including phenoxy) is 1. The predicted octanol–water partition coefficient (Wildman–Crippen LogP) is 2.77. The topological polar surface area (TPSA) is 24.5 Å². The van der Waals surface area contributed by atoms with Gasteiger partial charge in [-0.1, -0.05) is 31.2 Å². The van der Waals surface area contributed by atoms with Crippen LogP contribution in [0.2, 0.25) is 0 Å². The summed E-state index contributed by atoms with van der Waals surface area (Å²) in [5.74, 6) is 0. The summed E-state index contributed by atoms with van der Waals surface area (Å²) in [5.41, 5.74) is 2.48. The Morgan fingerprint density at radius 2 is 2.00 bits per heavy atom. The molecular weight excluding hydrogens is 293 g/mol. The van der Waals surface area contributed by atoms with Crippen molar-refractivity contribution in [2.24, 2.45) is 0 Å². The van der Waals surface area contributed by atoms with Gasteiger partial charge in [-0.05, 0) is 17.5 Å². The maximum atomic E-state index is 12.1. The van der Waals surface area contributed by atoms with Crippen LogP contribution in [0.15, 0.2) is 24.3 Å². The summed E-state index contributed by atoms with van der Waals surface area (Å²) >= 11 is 0. The standard InChI is InChI=1S/C16H23F3N2O/c1-2-13-3-5-14(6-4-13)15-11-20-7-8-21(15)9-10-22-12-16(17,18)19/h3-6,15,20H,2,7-12H2,1H3. The number of aryl methyl sites for hydroxylation is 1. The van der Waals surface area contributed by atoms with Crippen molar-refractivity contribution < 1.29 is 17.9 Å². The molecule has 0 aromatic heterocycles. The first-order valence-electron chi connectivity index (χ1n) is 7.67. The minimum absolute atomic E-state index is 0.100. The molecule has 124 valence electrons. The van der Waals surface area contributed by atoms with Crippen molar-refractivity contribution in [3.8, 4) is 0 Å². The molecule has 1 unspecified atom stereocenters. The molecule has 0 aliphatic carbocycles. The minimum Gasteiger partial charge on any atom is -0.371 e. The lowest BCUT2D eigenvalue weighted by Crippen LogP contribution is -2.47. The van der Waals surface area contributed by atoms with Gasteiger partial charge in [0.25, 0.3) is 0 Å². The molecule has 0 amide bonds. The second-order valence-corrected chi connectivity index (χ2v) is 5.52. The lowest BCUT2D eigenvalue weighted by molar-refractivity contribution is -0.175. The monoisotopic (exact) mass is 316 g/mol. The number of piperazine rings is 1. The first-order chi connectivity index (χ1) is 10.5. The first-order valence-corrected chi connectivity index (χ1v) is 7.67. The molecule has 1 fully saturated rings. The Balaban J connectivity index is 1.90. The summed E-state index contributed by atoms with van der Waals surface area (Å²) in [4.78, 5) is 2.19. The summed E-state index contributed by atoms with van der Waals surface area (Å²) in [7, 11) is 0. The second-order valence-electron chi connectivity index (χ2n) is 5.52. The average Bonchev–Trinajstić information content (AvgIpc) is 2.51. The number of alkyl halides is 3. The molecule has 2 rings (SSSR count). The van der Waals surface area contributed by atoms with Crippen LogP contribution in [-0.2, 0) is 11.2 Å². The number of nitrogens with one attached hydrogen (secondary N) is 1. The van der Waals surface area contributed by atoms with E-state index in [9.17, 15) is 13.2 Å². The Morgan fingerprint density at radius 3 is 2.64 bits per heavy atom. The number of rotatable bonds is 6. The van der Waals surface area contributed by atoms with E-state index in [-0.39, 0.29) is 12.6 Å². The minimum atomic E-state index is -4.25. The maximum Gasteiger partial charge on any atom is 0.411 e. The van der Waals surface area contributed by atoms with Crippen LogP contribution in [0.5, 0.6) is 0 Å². The van der Waals surface area contributed by atoms with Crippen LogP contribution in [-0.4, -0.2) is 50.5 Å². The number of halogens is 3. The average molecular weight is 316 g/mol. The highest BCUT2D eigenvalue weighted by molar-refractivity contribution is 5.25. The third-order valence-corrected chi connectivity index (χ3v) is 3.92. The summed E-state index contributed by atoms with van der Waals surface area (Å²) in [6.07, 6.45) is -3.25. The molecule has 1 aliphatic heterocycles. The van der Waals surface area contributed by atoms with Gasteiger partial charge in [0.1, 0.15) is 6.61 Å². The van der Waals surface area contributed by atoms with Gasteiger partial charge in [-0.2, -0.15) is 13.2 Å². The number of hydrogen-bond acceptors (Lipinski definition) is 3. The van der Waals surface area contributed by atoms with Crippen LogP contribution in [0.25, 0.3) is 0 Å². The van der Waals surface area contributed by atoms with E-state index in [1.54, 1.807) is 0 Å². The largest absolute Gasteiger partial charge is 0.411 e. The normalized spacial score (nSPS) is 20.3. The van der Waals surface area contributed by atoms with Crippen molar-refractivity contribution >= 4 is 0 Å². The van der Waals surface area contributed by atoms with E-state index in [0.29, 0.717) is 6.54 Å². The highest BCUT2D eigenvalue weighted by atomic mass is 19.4. The quantitative estimate of drug-likeness (QED) is 0.817. The molecule has 6 heteroatoms. The van der Waals surface area contributed by atoms with Crippen molar-refractivity contribution in [1.82, 2.24) is 10.2 Å². The van der Waals surface area contributed by atoms with Crippen LogP contribution < -0.4 is 5.32 Å². The zero-order valence-electron chi connectivity index (χ0n) is 12.8. The van der Waals surface area contributed by atoms with E-state index < -0.39 is 12.8 Å². The van der Waals surface area contributed by atoms with Crippen LogP contribution in [0.4, 0.5) is 13.2 Å². The smallest absolute Gasteiger partial charge is 0.371 e. The molecule has 0 saturated carbocycles. The van der Waals surface area contributed by atoms with Crippen LogP contribution in [0, 0.1) is 0 Å². The van der Waals surface area contributed by atoms with Crippen LogP contribution in [0.3, 0.4) is 0 Å². The fraction of sp³-hybridized carbons (Fsp3) is 0.625. The Hall–Kier alpha value is -1.11. The third kappa shape index (κ3) is 5.26. The molecule has 1 N–H and O–H groups in total. The summed E-state index contributed by atoms with van der Waals surface area (Å²) in [6.45, 7) is 4.03. The molecule has 22 heavy (non-hydrogen) atoms. The van der Waals surface area contributed by atoms with Gasteiger partial charge in [-0.15, -0.1) is 0 Å². The molecule has 1 saturated heterocycles. The Labute approximate surface area is 129 Å². The summed E-state index contributed by atoms with van der Waals surface area (Å²) < 4.78 is 41.0. The SMILES string of the molecule is CCc1ccc(C2CNCCN2CCOCC(F)(F)F)cc1. The molecule has 0 radical (unpaired) electrons. The van der Waals surface area contributed by atoms with Gasteiger partial charge < -0.3 is 10.1 Å². The third-order valence-electron chi connectivity index (χ3n) is 3.92. The molecule has 0 bridgehead atoms. The maximum absolute atomic E-state index is 12.1. The molecule has 1 heterocycles. The molecule has 1 atom stereocenters. The van der Waals surface area contributed by atoms with Gasteiger partial charge in [-0.25, -0.2) is 0 Å². The Kier molecular flexibility index (Phi) is 6.23.